The Morgan fingerprint density at radius 1 is 1.24 bits per heavy atom. The highest BCUT2D eigenvalue weighted by Gasteiger charge is 2.39. The fraction of sp³-hybridized carbons (Fsp3) is 0.261. The maximum Gasteiger partial charge on any atom is 0.317 e. The van der Waals surface area contributed by atoms with Gasteiger partial charge in [0.1, 0.15) is 17.7 Å². The summed E-state index contributed by atoms with van der Waals surface area (Å²) in [6.07, 6.45) is 1.86. The molecule has 0 bridgehead atoms. The lowest BCUT2D eigenvalue weighted by Crippen LogP contribution is -2.35. The van der Waals surface area contributed by atoms with E-state index in [4.69, 9.17) is 9.47 Å². The van der Waals surface area contributed by atoms with Gasteiger partial charge < -0.3 is 14.8 Å². The minimum Gasteiger partial charge on any atom is -0.497 e. The standard InChI is InChI=1S/C23H22N2O4/c1-3-29-23(27)22-19(15-8-6-9-18(11-15)28-2)12-17(13-21(22)26)25-20-10-5-4-7-16(20)14-24/h4-11,13,19,22,25H,3,12H2,1-2H3/t19-,22+/m1/s1. The van der Waals surface area contributed by atoms with Crippen LogP contribution in [0.25, 0.3) is 0 Å². The van der Waals surface area contributed by atoms with Crippen molar-refractivity contribution in [3.8, 4) is 11.8 Å². The van der Waals surface area contributed by atoms with Gasteiger partial charge in [-0.15, -0.1) is 0 Å². The first-order chi connectivity index (χ1) is 14.1. The summed E-state index contributed by atoms with van der Waals surface area (Å²) in [7, 11) is 1.57. The number of benzene rings is 2. The average molecular weight is 390 g/mol. The molecule has 0 aliphatic heterocycles. The van der Waals surface area contributed by atoms with Crippen molar-refractivity contribution < 1.29 is 19.1 Å². The molecule has 0 amide bonds. The Bertz CT molecular complexity index is 990. The Labute approximate surface area is 169 Å². The van der Waals surface area contributed by atoms with Gasteiger partial charge in [-0.3, -0.25) is 9.59 Å². The zero-order valence-electron chi connectivity index (χ0n) is 16.3. The van der Waals surface area contributed by atoms with Gasteiger partial charge in [0.05, 0.1) is 25.0 Å². The molecule has 2 atom stereocenters. The van der Waals surface area contributed by atoms with Gasteiger partial charge in [-0.1, -0.05) is 24.3 Å². The quantitative estimate of drug-likeness (QED) is 0.596. The van der Waals surface area contributed by atoms with E-state index in [9.17, 15) is 14.9 Å². The van der Waals surface area contributed by atoms with E-state index < -0.39 is 17.8 Å². The Morgan fingerprint density at radius 3 is 2.76 bits per heavy atom. The number of ketones is 1. The fourth-order valence-electron chi connectivity index (χ4n) is 3.52. The highest BCUT2D eigenvalue weighted by Crippen LogP contribution is 2.38. The van der Waals surface area contributed by atoms with E-state index in [0.29, 0.717) is 29.1 Å². The Kier molecular flexibility index (Phi) is 6.30. The van der Waals surface area contributed by atoms with Crippen LogP contribution < -0.4 is 10.1 Å². The second-order valence-electron chi connectivity index (χ2n) is 6.67. The molecule has 148 valence electrons. The Balaban J connectivity index is 1.97. The largest absolute Gasteiger partial charge is 0.497 e. The van der Waals surface area contributed by atoms with Gasteiger partial charge in [-0.25, -0.2) is 0 Å². The van der Waals surface area contributed by atoms with E-state index in [1.807, 2.05) is 30.3 Å². The monoisotopic (exact) mass is 390 g/mol. The third-order valence-corrected chi connectivity index (χ3v) is 4.87. The van der Waals surface area contributed by atoms with Crippen LogP contribution in [0.4, 0.5) is 5.69 Å². The molecule has 2 aromatic carbocycles. The number of allylic oxidation sites excluding steroid dienone is 2. The van der Waals surface area contributed by atoms with E-state index in [2.05, 4.69) is 11.4 Å². The van der Waals surface area contributed by atoms with E-state index in [0.717, 1.165) is 5.56 Å². The van der Waals surface area contributed by atoms with Crippen LogP contribution >= 0.6 is 0 Å². The molecular formula is C23H22N2O4. The number of ether oxygens (including phenoxy) is 2. The van der Waals surface area contributed by atoms with E-state index in [1.165, 1.54) is 6.08 Å². The lowest BCUT2D eigenvalue weighted by atomic mass is 9.76. The van der Waals surface area contributed by atoms with Crippen molar-refractivity contribution in [1.82, 2.24) is 0 Å². The molecule has 0 saturated carbocycles. The van der Waals surface area contributed by atoms with Gasteiger partial charge >= 0.3 is 5.97 Å². The summed E-state index contributed by atoms with van der Waals surface area (Å²) in [5.41, 5.74) is 2.56. The molecule has 0 unspecified atom stereocenters. The molecule has 29 heavy (non-hydrogen) atoms. The summed E-state index contributed by atoms with van der Waals surface area (Å²) in [6.45, 7) is 1.92. The molecular weight excluding hydrogens is 368 g/mol. The van der Waals surface area contributed by atoms with Crippen molar-refractivity contribution >= 4 is 17.4 Å². The average Bonchev–Trinajstić information content (AvgIpc) is 2.74. The molecule has 0 heterocycles. The van der Waals surface area contributed by atoms with E-state index >= 15 is 0 Å². The molecule has 1 aliphatic carbocycles. The van der Waals surface area contributed by atoms with Crippen molar-refractivity contribution in [1.29, 1.82) is 5.26 Å². The lowest BCUT2D eigenvalue weighted by molar-refractivity contribution is -0.151. The molecule has 1 N–H and O–H groups in total. The van der Waals surface area contributed by atoms with Gasteiger partial charge in [0.15, 0.2) is 5.78 Å². The van der Waals surface area contributed by atoms with Crippen LogP contribution in [-0.4, -0.2) is 25.5 Å². The Hall–Kier alpha value is -3.59. The molecule has 0 aromatic heterocycles. The second-order valence-corrected chi connectivity index (χ2v) is 6.67. The van der Waals surface area contributed by atoms with Crippen LogP contribution in [-0.2, 0) is 14.3 Å². The third-order valence-electron chi connectivity index (χ3n) is 4.87. The van der Waals surface area contributed by atoms with Gasteiger partial charge in [0, 0.05) is 17.7 Å². The number of rotatable bonds is 6. The highest BCUT2D eigenvalue weighted by molar-refractivity contribution is 6.07. The smallest absolute Gasteiger partial charge is 0.317 e. The maximum absolute atomic E-state index is 12.9. The molecule has 2 aromatic rings. The molecule has 0 spiro atoms. The first-order valence-electron chi connectivity index (χ1n) is 9.38. The number of nitrogens with zero attached hydrogens (tertiary/aromatic N) is 1. The van der Waals surface area contributed by atoms with Crippen molar-refractivity contribution in [3.05, 3.63) is 71.4 Å². The van der Waals surface area contributed by atoms with Crippen molar-refractivity contribution in [2.75, 3.05) is 19.0 Å². The number of esters is 1. The number of methoxy groups -OCH3 is 1. The van der Waals surface area contributed by atoms with E-state index in [1.54, 1.807) is 32.2 Å². The molecule has 0 radical (unpaired) electrons. The fourth-order valence-corrected chi connectivity index (χ4v) is 3.52. The van der Waals surface area contributed by atoms with Crippen molar-refractivity contribution in [2.24, 2.45) is 5.92 Å². The van der Waals surface area contributed by atoms with Crippen molar-refractivity contribution in [2.45, 2.75) is 19.3 Å². The summed E-state index contributed by atoms with van der Waals surface area (Å²) in [5, 5.41) is 12.5. The number of nitrogens with one attached hydrogen (secondary N) is 1. The highest BCUT2D eigenvalue weighted by atomic mass is 16.5. The number of carbonyl (C=O) groups excluding carboxylic acids is 2. The van der Waals surface area contributed by atoms with Gasteiger partial charge in [0.25, 0.3) is 0 Å². The van der Waals surface area contributed by atoms with Crippen LogP contribution in [0.2, 0.25) is 0 Å². The number of hydrogen-bond acceptors (Lipinski definition) is 6. The predicted molar refractivity (Wildman–Crippen MR) is 108 cm³/mol. The third kappa shape index (κ3) is 4.46. The molecule has 1 aliphatic rings. The van der Waals surface area contributed by atoms with Gasteiger partial charge in [-0.2, -0.15) is 5.26 Å². The number of hydrogen-bond donors (Lipinski definition) is 1. The molecule has 3 rings (SSSR count). The topological polar surface area (TPSA) is 88.4 Å². The zero-order valence-corrected chi connectivity index (χ0v) is 16.3. The minimum atomic E-state index is -0.918. The number of nitriles is 1. The number of carbonyl (C=O) groups is 2. The predicted octanol–water partition coefficient (Wildman–Crippen LogP) is 3.80. The van der Waals surface area contributed by atoms with Crippen LogP contribution in [0.1, 0.15) is 30.4 Å². The number of para-hydroxylation sites is 1. The van der Waals surface area contributed by atoms with Crippen molar-refractivity contribution in [3.63, 3.8) is 0 Å². The summed E-state index contributed by atoms with van der Waals surface area (Å²) in [6, 6.07) is 16.6. The first-order valence-corrected chi connectivity index (χ1v) is 9.38. The number of anilines is 1. The summed E-state index contributed by atoms with van der Waals surface area (Å²) in [4.78, 5) is 25.4. The van der Waals surface area contributed by atoms with Crippen LogP contribution in [0.15, 0.2) is 60.3 Å². The Morgan fingerprint density at radius 2 is 2.03 bits per heavy atom. The SMILES string of the molecule is CCOC(=O)[C@@H]1C(=O)C=C(Nc2ccccc2C#N)C[C@@H]1c1cccc(OC)c1. The summed E-state index contributed by atoms with van der Waals surface area (Å²) >= 11 is 0. The van der Waals surface area contributed by atoms with Crippen LogP contribution in [0.3, 0.4) is 0 Å². The normalized spacial score (nSPS) is 18.4. The maximum atomic E-state index is 12.9. The summed E-state index contributed by atoms with van der Waals surface area (Å²) in [5.74, 6) is -1.52. The summed E-state index contributed by atoms with van der Waals surface area (Å²) < 4.78 is 10.5. The lowest BCUT2D eigenvalue weighted by Gasteiger charge is -2.30. The molecule has 6 nitrogen and oxygen atoms in total. The van der Waals surface area contributed by atoms with Gasteiger partial charge in [-0.05, 0) is 43.2 Å². The van der Waals surface area contributed by atoms with Crippen LogP contribution in [0.5, 0.6) is 5.75 Å². The van der Waals surface area contributed by atoms with E-state index in [-0.39, 0.29) is 12.4 Å². The van der Waals surface area contributed by atoms with Crippen LogP contribution in [0, 0.1) is 17.2 Å². The molecule has 6 heteroatoms. The second kappa shape index (κ2) is 9.07. The molecule has 0 saturated heterocycles. The minimum absolute atomic E-state index is 0.206. The zero-order chi connectivity index (χ0) is 20.8. The van der Waals surface area contributed by atoms with Gasteiger partial charge in [0.2, 0.25) is 0 Å². The first kappa shape index (κ1) is 20.2. The molecule has 0 fully saturated rings.